The van der Waals surface area contributed by atoms with Crippen molar-refractivity contribution in [1.82, 2.24) is 4.90 Å². The molecule has 0 spiro atoms. The highest BCUT2D eigenvalue weighted by atomic mass is 16.4. The second kappa shape index (κ2) is 4.96. The maximum atomic E-state index is 11.9. The van der Waals surface area contributed by atoms with E-state index < -0.39 is 19.1 Å². The first kappa shape index (κ1) is 12.5. The predicted molar refractivity (Wildman–Crippen MR) is 57.7 cm³/mol. The van der Waals surface area contributed by atoms with Gasteiger partial charge in [0.1, 0.15) is 0 Å². The van der Waals surface area contributed by atoms with Crippen LogP contribution in [0.5, 0.6) is 0 Å². The molecule has 1 fully saturated rings. The Labute approximate surface area is 90.4 Å². The maximum absolute atomic E-state index is 11.9. The van der Waals surface area contributed by atoms with Crippen molar-refractivity contribution < 1.29 is 14.8 Å². The van der Waals surface area contributed by atoms with Crippen molar-refractivity contribution in [2.45, 2.75) is 38.7 Å². The summed E-state index contributed by atoms with van der Waals surface area (Å²) in [5, 5.41) is 18.2. The zero-order valence-electron chi connectivity index (χ0n) is 9.26. The number of carbonyl (C=O) groups excluding carboxylic acids is 1. The van der Waals surface area contributed by atoms with E-state index in [1.807, 2.05) is 13.8 Å². The van der Waals surface area contributed by atoms with Crippen molar-refractivity contribution in [3.8, 4) is 0 Å². The molecule has 1 amide bonds. The lowest BCUT2D eigenvalue weighted by Crippen LogP contribution is -2.52. The standard InChI is InChI=1S/C9H19BN2O3/c1-6(2)8(11)9(13)12-5-3-4-7(12)10(14)15/h6-8,14-15H,3-5,11H2,1-2H3/t7-,8-/m1/s1. The Morgan fingerprint density at radius 2 is 2.13 bits per heavy atom. The minimum atomic E-state index is -1.46. The van der Waals surface area contributed by atoms with Crippen molar-refractivity contribution in [2.75, 3.05) is 6.54 Å². The molecular weight excluding hydrogens is 195 g/mol. The molecule has 0 unspecified atom stereocenters. The minimum Gasteiger partial charge on any atom is -0.426 e. The molecule has 1 rings (SSSR count). The molecule has 0 aromatic heterocycles. The Morgan fingerprint density at radius 3 is 2.60 bits per heavy atom. The summed E-state index contributed by atoms with van der Waals surface area (Å²) in [7, 11) is -1.46. The van der Waals surface area contributed by atoms with Gasteiger partial charge >= 0.3 is 7.12 Å². The summed E-state index contributed by atoms with van der Waals surface area (Å²) in [4.78, 5) is 13.4. The molecule has 1 aliphatic heterocycles. The number of amides is 1. The van der Waals surface area contributed by atoms with Crippen LogP contribution in [0.2, 0.25) is 0 Å². The van der Waals surface area contributed by atoms with Crippen molar-refractivity contribution in [1.29, 1.82) is 0 Å². The van der Waals surface area contributed by atoms with Gasteiger partial charge in [0.2, 0.25) is 5.91 Å². The highest BCUT2D eigenvalue weighted by Crippen LogP contribution is 2.19. The average molecular weight is 214 g/mol. The molecule has 2 atom stereocenters. The molecule has 4 N–H and O–H groups in total. The van der Waals surface area contributed by atoms with Crippen LogP contribution in [0.25, 0.3) is 0 Å². The molecule has 0 saturated carbocycles. The van der Waals surface area contributed by atoms with E-state index in [0.717, 1.165) is 6.42 Å². The third-order valence-electron chi connectivity index (χ3n) is 2.93. The van der Waals surface area contributed by atoms with Crippen LogP contribution in [-0.2, 0) is 4.79 Å². The number of hydrogen-bond acceptors (Lipinski definition) is 4. The first-order valence-electron chi connectivity index (χ1n) is 5.37. The molecule has 15 heavy (non-hydrogen) atoms. The summed E-state index contributed by atoms with van der Waals surface area (Å²) in [5.74, 6) is -0.600. The van der Waals surface area contributed by atoms with Crippen LogP contribution in [0.4, 0.5) is 0 Å². The van der Waals surface area contributed by atoms with E-state index in [2.05, 4.69) is 0 Å². The van der Waals surface area contributed by atoms with Gasteiger partial charge in [-0.15, -0.1) is 0 Å². The van der Waals surface area contributed by atoms with Crippen LogP contribution in [-0.4, -0.2) is 46.5 Å². The van der Waals surface area contributed by atoms with Gasteiger partial charge in [0.15, 0.2) is 0 Å². The Morgan fingerprint density at radius 1 is 1.53 bits per heavy atom. The summed E-state index contributed by atoms with van der Waals surface area (Å²) < 4.78 is 0. The molecule has 0 aliphatic carbocycles. The summed E-state index contributed by atoms with van der Waals surface area (Å²) in [6, 6.07) is -0.552. The highest BCUT2D eigenvalue weighted by molar-refractivity contribution is 6.43. The largest absolute Gasteiger partial charge is 0.475 e. The van der Waals surface area contributed by atoms with Gasteiger partial charge in [-0.2, -0.15) is 0 Å². The van der Waals surface area contributed by atoms with Crippen molar-refractivity contribution in [2.24, 2.45) is 11.7 Å². The molecular formula is C9H19BN2O3. The molecule has 0 aromatic rings. The second-order valence-electron chi connectivity index (χ2n) is 4.42. The summed E-state index contributed by atoms with van der Waals surface area (Å²) in [6.45, 7) is 4.33. The molecule has 6 heteroatoms. The number of likely N-dealkylation sites (tertiary alicyclic amines) is 1. The van der Waals surface area contributed by atoms with E-state index in [1.165, 1.54) is 4.90 Å². The van der Waals surface area contributed by atoms with Crippen molar-refractivity contribution in [3.63, 3.8) is 0 Å². The van der Waals surface area contributed by atoms with Crippen LogP contribution in [0.1, 0.15) is 26.7 Å². The molecule has 1 aliphatic rings. The zero-order chi connectivity index (χ0) is 11.6. The van der Waals surface area contributed by atoms with Gasteiger partial charge in [0.25, 0.3) is 0 Å². The second-order valence-corrected chi connectivity index (χ2v) is 4.42. The normalized spacial score (nSPS) is 23.3. The van der Waals surface area contributed by atoms with Gasteiger partial charge < -0.3 is 20.7 Å². The fourth-order valence-corrected chi connectivity index (χ4v) is 1.85. The first-order chi connectivity index (χ1) is 6.95. The number of carbonyl (C=O) groups is 1. The van der Waals surface area contributed by atoms with Gasteiger partial charge in [-0.05, 0) is 18.8 Å². The van der Waals surface area contributed by atoms with E-state index >= 15 is 0 Å². The van der Waals surface area contributed by atoms with Crippen molar-refractivity contribution in [3.05, 3.63) is 0 Å². The third kappa shape index (κ3) is 2.71. The molecule has 1 heterocycles. The Hall–Kier alpha value is -0.585. The van der Waals surface area contributed by atoms with Gasteiger partial charge in [-0.3, -0.25) is 4.79 Å². The number of hydrogen-bond donors (Lipinski definition) is 3. The molecule has 5 nitrogen and oxygen atoms in total. The van der Waals surface area contributed by atoms with E-state index in [-0.39, 0.29) is 11.8 Å². The summed E-state index contributed by atoms with van der Waals surface area (Å²) >= 11 is 0. The van der Waals surface area contributed by atoms with E-state index in [1.54, 1.807) is 0 Å². The fourth-order valence-electron chi connectivity index (χ4n) is 1.85. The lowest BCUT2D eigenvalue weighted by Gasteiger charge is -2.28. The van der Waals surface area contributed by atoms with Gasteiger partial charge in [0, 0.05) is 6.54 Å². The Balaban J connectivity index is 2.66. The van der Waals surface area contributed by atoms with Crippen LogP contribution < -0.4 is 5.73 Å². The van der Waals surface area contributed by atoms with Gasteiger partial charge in [0.05, 0.1) is 12.0 Å². The lowest BCUT2D eigenvalue weighted by atomic mass is 9.77. The fraction of sp³-hybridized carbons (Fsp3) is 0.889. The highest BCUT2D eigenvalue weighted by Gasteiger charge is 2.38. The quantitative estimate of drug-likeness (QED) is 0.524. The van der Waals surface area contributed by atoms with Crippen LogP contribution in [0, 0.1) is 5.92 Å². The first-order valence-corrected chi connectivity index (χ1v) is 5.37. The maximum Gasteiger partial charge on any atom is 0.475 e. The predicted octanol–water partition coefficient (Wildman–Crippen LogP) is -1.03. The Kier molecular flexibility index (Phi) is 4.13. The summed E-state index contributed by atoms with van der Waals surface area (Å²) in [6.07, 6.45) is 1.44. The summed E-state index contributed by atoms with van der Waals surface area (Å²) in [5.41, 5.74) is 5.75. The van der Waals surface area contributed by atoms with Gasteiger partial charge in [-0.1, -0.05) is 13.8 Å². The van der Waals surface area contributed by atoms with Crippen molar-refractivity contribution >= 4 is 13.0 Å². The number of rotatable bonds is 3. The van der Waals surface area contributed by atoms with Crippen LogP contribution in [0.15, 0.2) is 0 Å². The monoisotopic (exact) mass is 214 g/mol. The zero-order valence-corrected chi connectivity index (χ0v) is 9.26. The topological polar surface area (TPSA) is 86.8 Å². The number of nitrogens with zero attached hydrogens (tertiary/aromatic N) is 1. The average Bonchev–Trinajstić information content (AvgIpc) is 2.63. The number of nitrogens with two attached hydrogens (primary N) is 1. The molecule has 0 bridgehead atoms. The van der Waals surface area contributed by atoms with E-state index in [4.69, 9.17) is 15.8 Å². The Bertz CT molecular complexity index is 235. The molecule has 1 saturated heterocycles. The van der Waals surface area contributed by atoms with Crippen LogP contribution in [0.3, 0.4) is 0 Å². The lowest BCUT2D eigenvalue weighted by molar-refractivity contribution is -0.133. The third-order valence-corrected chi connectivity index (χ3v) is 2.93. The SMILES string of the molecule is CC(C)[C@@H](N)C(=O)N1CCC[C@@H]1B(O)O. The molecule has 0 radical (unpaired) electrons. The van der Waals surface area contributed by atoms with Gasteiger partial charge in [-0.25, -0.2) is 0 Å². The van der Waals surface area contributed by atoms with E-state index in [9.17, 15) is 4.79 Å². The minimum absolute atomic E-state index is 0.0644. The smallest absolute Gasteiger partial charge is 0.426 e. The molecule has 86 valence electrons. The van der Waals surface area contributed by atoms with Crippen LogP contribution >= 0.6 is 0 Å². The van der Waals surface area contributed by atoms with E-state index in [0.29, 0.717) is 13.0 Å². The molecule has 0 aromatic carbocycles.